The molecule has 1 saturated carbocycles. The molecule has 0 bridgehead atoms. The second-order valence-corrected chi connectivity index (χ2v) is 7.30. The van der Waals surface area contributed by atoms with Gasteiger partial charge in [-0.15, -0.1) is 0 Å². The van der Waals surface area contributed by atoms with Crippen molar-refractivity contribution in [3.63, 3.8) is 0 Å². The lowest BCUT2D eigenvalue weighted by Crippen LogP contribution is -2.40. The first kappa shape index (κ1) is 17.5. The number of carbonyl (C=O) groups excluding carboxylic acids is 1. The summed E-state index contributed by atoms with van der Waals surface area (Å²) in [5.74, 6) is 0.945. The van der Waals surface area contributed by atoms with Crippen molar-refractivity contribution in [2.24, 2.45) is 22.2 Å². The molecule has 0 radical (unpaired) electrons. The summed E-state index contributed by atoms with van der Waals surface area (Å²) in [5.41, 5.74) is 3.90. The number of aromatic nitrogens is 2. The number of hydrogen-bond acceptors (Lipinski definition) is 7. The number of hydrogen-bond donors (Lipinski definition) is 1. The summed E-state index contributed by atoms with van der Waals surface area (Å²) in [5, 5.41) is 0. The summed E-state index contributed by atoms with van der Waals surface area (Å²) in [6, 6.07) is 1.73. The van der Waals surface area contributed by atoms with Crippen LogP contribution in [0.4, 0.5) is 0 Å². The van der Waals surface area contributed by atoms with Crippen molar-refractivity contribution < 1.29 is 14.4 Å². The minimum Gasteiger partial charge on any atom is -0.462 e. The maximum absolute atomic E-state index is 12.4. The highest BCUT2D eigenvalue weighted by Gasteiger charge is 2.61. The Morgan fingerprint density at radius 1 is 1.40 bits per heavy atom. The first-order valence-electron chi connectivity index (χ1n) is 8.44. The standard InChI is InChI=1S/C18H24N4O3/c1-11(2)8-13-14(18(13,3)4)17(23)24-10-12-9-21-16(22-25-12)15-19-6-5-7-20-15/h5-8,12-14H,9-10H2,1-4H3,(H,21,22)/t12-,13-,14+/m1/s1. The Bertz CT molecular complexity index is 696. The van der Waals surface area contributed by atoms with Crippen LogP contribution in [0.3, 0.4) is 0 Å². The van der Waals surface area contributed by atoms with Gasteiger partial charge in [-0.2, -0.15) is 0 Å². The summed E-state index contributed by atoms with van der Waals surface area (Å²) in [6.45, 7) is 8.84. The second-order valence-electron chi connectivity index (χ2n) is 7.30. The maximum Gasteiger partial charge on any atom is 0.310 e. The van der Waals surface area contributed by atoms with Crippen molar-refractivity contribution in [3.8, 4) is 0 Å². The van der Waals surface area contributed by atoms with Crippen LogP contribution in [-0.4, -0.2) is 41.0 Å². The van der Waals surface area contributed by atoms with Crippen LogP contribution < -0.4 is 5.48 Å². The lowest BCUT2D eigenvalue weighted by molar-refractivity contribution is -0.151. The van der Waals surface area contributed by atoms with E-state index in [1.807, 2.05) is 13.8 Å². The Morgan fingerprint density at radius 3 is 2.72 bits per heavy atom. The van der Waals surface area contributed by atoms with E-state index in [0.717, 1.165) is 0 Å². The molecule has 0 aromatic carbocycles. The predicted octanol–water partition coefficient (Wildman–Crippen LogP) is 1.91. The van der Waals surface area contributed by atoms with Gasteiger partial charge in [-0.05, 0) is 31.2 Å². The number of esters is 1. The third kappa shape index (κ3) is 3.87. The van der Waals surface area contributed by atoms with Crippen molar-refractivity contribution in [1.82, 2.24) is 15.4 Å². The van der Waals surface area contributed by atoms with Crippen molar-refractivity contribution in [1.29, 1.82) is 0 Å². The molecular formula is C18H24N4O3. The second kappa shape index (κ2) is 6.92. The first-order chi connectivity index (χ1) is 11.9. The van der Waals surface area contributed by atoms with Crippen molar-refractivity contribution in [2.45, 2.75) is 33.8 Å². The lowest BCUT2D eigenvalue weighted by Gasteiger charge is -2.22. The Hall–Kier alpha value is -2.28. The highest BCUT2D eigenvalue weighted by atomic mass is 16.7. The van der Waals surface area contributed by atoms with Crippen molar-refractivity contribution >= 4 is 11.8 Å². The highest BCUT2D eigenvalue weighted by molar-refractivity contribution is 5.94. The van der Waals surface area contributed by atoms with Gasteiger partial charge in [0.2, 0.25) is 0 Å². The molecular weight excluding hydrogens is 320 g/mol. The van der Waals surface area contributed by atoms with Gasteiger partial charge in [-0.25, -0.2) is 15.4 Å². The monoisotopic (exact) mass is 344 g/mol. The number of nitrogens with zero attached hydrogens (tertiary/aromatic N) is 3. The van der Waals surface area contributed by atoms with Gasteiger partial charge in [-0.3, -0.25) is 14.6 Å². The molecule has 0 unspecified atom stereocenters. The van der Waals surface area contributed by atoms with Crippen LogP contribution in [0, 0.1) is 17.3 Å². The molecule has 0 saturated heterocycles. The third-order valence-electron chi connectivity index (χ3n) is 4.64. The van der Waals surface area contributed by atoms with Gasteiger partial charge in [-0.1, -0.05) is 25.5 Å². The van der Waals surface area contributed by atoms with Gasteiger partial charge in [0.15, 0.2) is 11.7 Å². The summed E-state index contributed by atoms with van der Waals surface area (Å²) in [7, 11) is 0. The van der Waals surface area contributed by atoms with Crippen LogP contribution in [-0.2, 0) is 14.4 Å². The van der Waals surface area contributed by atoms with E-state index in [-0.39, 0.29) is 35.9 Å². The lowest BCUT2D eigenvalue weighted by atomic mass is 10.1. The minimum atomic E-state index is -0.319. The van der Waals surface area contributed by atoms with Crippen LogP contribution in [0.25, 0.3) is 0 Å². The molecule has 1 fully saturated rings. The molecule has 3 atom stereocenters. The number of amidine groups is 1. The van der Waals surface area contributed by atoms with E-state index in [9.17, 15) is 4.79 Å². The van der Waals surface area contributed by atoms with E-state index in [0.29, 0.717) is 18.2 Å². The summed E-state index contributed by atoms with van der Waals surface area (Å²) in [4.78, 5) is 30.4. The number of hydroxylamine groups is 1. The van der Waals surface area contributed by atoms with E-state index in [2.05, 4.69) is 40.4 Å². The van der Waals surface area contributed by atoms with Gasteiger partial charge >= 0.3 is 5.97 Å². The molecule has 1 aliphatic heterocycles. The molecule has 1 aromatic heterocycles. The molecule has 0 spiro atoms. The Balaban J connectivity index is 1.50. The first-order valence-corrected chi connectivity index (χ1v) is 8.44. The third-order valence-corrected chi connectivity index (χ3v) is 4.64. The van der Waals surface area contributed by atoms with Gasteiger partial charge in [0.25, 0.3) is 0 Å². The molecule has 1 aliphatic carbocycles. The van der Waals surface area contributed by atoms with Gasteiger partial charge in [0.1, 0.15) is 12.7 Å². The number of nitrogens with one attached hydrogen (secondary N) is 1. The maximum atomic E-state index is 12.4. The Kier molecular flexibility index (Phi) is 4.85. The molecule has 3 rings (SSSR count). The average molecular weight is 344 g/mol. The van der Waals surface area contributed by atoms with Gasteiger partial charge in [0, 0.05) is 12.4 Å². The predicted molar refractivity (Wildman–Crippen MR) is 92.6 cm³/mol. The summed E-state index contributed by atoms with van der Waals surface area (Å²) >= 11 is 0. The van der Waals surface area contributed by atoms with E-state index < -0.39 is 0 Å². The average Bonchev–Trinajstić information content (AvgIpc) is 3.13. The number of rotatable bonds is 5. The van der Waals surface area contributed by atoms with Crippen LogP contribution >= 0.6 is 0 Å². The fraction of sp³-hybridized carbons (Fsp3) is 0.556. The quantitative estimate of drug-likeness (QED) is 0.649. The molecule has 134 valence electrons. The molecule has 0 amide bonds. The van der Waals surface area contributed by atoms with Crippen molar-refractivity contribution in [2.75, 3.05) is 13.2 Å². The zero-order valence-corrected chi connectivity index (χ0v) is 15.0. The minimum absolute atomic E-state index is 0.0456. The largest absolute Gasteiger partial charge is 0.462 e. The molecule has 1 N–H and O–H groups in total. The van der Waals surface area contributed by atoms with E-state index in [1.165, 1.54) is 5.57 Å². The number of ether oxygens (including phenoxy) is 1. The SMILES string of the molecule is CC(C)=C[C@@H]1[C@@H](C(=O)OC[C@H]2CN=C(c3ncccn3)NO2)C1(C)C. The molecule has 1 aromatic rings. The summed E-state index contributed by atoms with van der Waals surface area (Å²) in [6.07, 6.45) is 5.11. The smallest absolute Gasteiger partial charge is 0.310 e. The molecule has 7 heteroatoms. The van der Waals surface area contributed by atoms with Crippen LogP contribution in [0.1, 0.15) is 33.5 Å². The zero-order valence-electron chi connectivity index (χ0n) is 15.0. The Morgan fingerprint density at radius 2 is 2.12 bits per heavy atom. The van der Waals surface area contributed by atoms with Crippen molar-refractivity contribution in [3.05, 3.63) is 35.9 Å². The van der Waals surface area contributed by atoms with Crippen LogP contribution in [0.5, 0.6) is 0 Å². The fourth-order valence-corrected chi connectivity index (χ4v) is 3.09. The fourth-order valence-electron chi connectivity index (χ4n) is 3.09. The highest BCUT2D eigenvalue weighted by Crippen LogP contribution is 2.59. The number of carbonyl (C=O) groups is 1. The molecule has 2 heterocycles. The normalized spacial score (nSPS) is 26.9. The van der Waals surface area contributed by atoms with Crippen LogP contribution in [0.15, 0.2) is 35.1 Å². The van der Waals surface area contributed by atoms with E-state index in [1.54, 1.807) is 18.5 Å². The van der Waals surface area contributed by atoms with Crippen LogP contribution in [0.2, 0.25) is 0 Å². The number of aliphatic imine (C=N–C) groups is 1. The van der Waals surface area contributed by atoms with Gasteiger partial charge in [0.05, 0.1) is 12.5 Å². The van der Waals surface area contributed by atoms with E-state index >= 15 is 0 Å². The summed E-state index contributed by atoms with van der Waals surface area (Å²) < 4.78 is 5.46. The number of allylic oxidation sites excluding steroid dienone is 2. The molecule has 25 heavy (non-hydrogen) atoms. The van der Waals surface area contributed by atoms with Gasteiger partial charge < -0.3 is 4.74 Å². The topological polar surface area (TPSA) is 85.7 Å². The molecule has 7 nitrogen and oxygen atoms in total. The zero-order chi connectivity index (χ0) is 18.0. The van der Waals surface area contributed by atoms with E-state index in [4.69, 9.17) is 9.57 Å². The Labute approximate surface area is 147 Å². The molecule has 2 aliphatic rings.